The van der Waals surface area contributed by atoms with Gasteiger partial charge in [0.25, 0.3) is 0 Å². The molecule has 0 heterocycles. The fourth-order valence-corrected chi connectivity index (χ4v) is 2.67. The Bertz CT molecular complexity index is 224. The quantitative estimate of drug-likeness (QED) is 0.461. The maximum atomic E-state index is 8.41. The monoisotopic (exact) mass is 161 g/mol. The summed E-state index contributed by atoms with van der Waals surface area (Å²) in [5.74, 6) is 2.67. The van der Waals surface area contributed by atoms with E-state index in [0.717, 1.165) is 30.6 Å². The Hall–Kier alpha value is -0.770. The largest absolute Gasteiger partial charge is 0.198 e. The minimum atomic E-state index is 0.748. The van der Waals surface area contributed by atoms with E-state index >= 15 is 0 Å². The Labute approximate surface area is 74.1 Å². The summed E-state index contributed by atoms with van der Waals surface area (Å²) >= 11 is 0. The van der Waals surface area contributed by atoms with Crippen molar-refractivity contribution in [1.29, 1.82) is 5.26 Å². The molecule has 3 atom stereocenters. The van der Waals surface area contributed by atoms with Crippen molar-refractivity contribution in [3.05, 3.63) is 12.2 Å². The number of hydrogen-bond donors (Lipinski definition) is 0. The first-order chi connectivity index (χ1) is 5.90. The van der Waals surface area contributed by atoms with E-state index in [9.17, 15) is 0 Å². The summed E-state index contributed by atoms with van der Waals surface area (Å²) in [6.45, 7) is 0. The molecule has 1 nitrogen and oxygen atoms in total. The van der Waals surface area contributed by atoms with Gasteiger partial charge >= 0.3 is 0 Å². The first kappa shape index (κ1) is 7.86. The van der Waals surface area contributed by atoms with Gasteiger partial charge in [-0.2, -0.15) is 5.26 Å². The fraction of sp³-hybridized carbons (Fsp3) is 0.727. The average Bonchev–Trinajstić information content (AvgIpc) is 2.65. The second-order valence-electron chi connectivity index (χ2n) is 4.09. The number of unbranched alkanes of at least 4 members (excludes halogenated alkanes) is 1. The lowest BCUT2D eigenvalue weighted by molar-refractivity contribution is 0.406. The summed E-state index contributed by atoms with van der Waals surface area (Å²) in [5, 5.41) is 8.41. The molecule has 1 fully saturated rings. The van der Waals surface area contributed by atoms with Crippen molar-refractivity contribution in [2.75, 3.05) is 0 Å². The lowest BCUT2D eigenvalue weighted by atomic mass is 9.89. The molecule has 2 aliphatic carbocycles. The highest BCUT2D eigenvalue weighted by atomic mass is 14.4. The van der Waals surface area contributed by atoms with Crippen molar-refractivity contribution >= 4 is 0 Å². The van der Waals surface area contributed by atoms with Crippen LogP contribution in [0, 0.1) is 29.1 Å². The Kier molecular flexibility index (Phi) is 2.17. The number of rotatable bonds is 3. The molecule has 0 amide bonds. The summed E-state index contributed by atoms with van der Waals surface area (Å²) in [7, 11) is 0. The Morgan fingerprint density at radius 3 is 2.83 bits per heavy atom. The third-order valence-corrected chi connectivity index (χ3v) is 3.28. The van der Waals surface area contributed by atoms with E-state index < -0.39 is 0 Å². The molecular weight excluding hydrogens is 146 g/mol. The Morgan fingerprint density at radius 1 is 1.33 bits per heavy atom. The zero-order chi connectivity index (χ0) is 8.39. The van der Waals surface area contributed by atoms with Gasteiger partial charge in [0.2, 0.25) is 0 Å². The highest BCUT2D eigenvalue weighted by Crippen LogP contribution is 2.45. The summed E-state index contributed by atoms with van der Waals surface area (Å²) < 4.78 is 0. The van der Waals surface area contributed by atoms with Gasteiger partial charge in [-0.15, -0.1) is 0 Å². The third kappa shape index (κ3) is 1.39. The van der Waals surface area contributed by atoms with Gasteiger partial charge < -0.3 is 0 Å². The van der Waals surface area contributed by atoms with Gasteiger partial charge in [0.1, 0.15) is 0 Å². The molecule has 0 saturated heterocycles. The zero-order valence-electron chi connectivity index (χ0n) is 7.37. The van der Waals surface area contributed by atoms with E-state index in [2.05, 4.69) is 18.2 Å². The first-order valence-corrected chi connectivity index (χ1v) is 4.95. The predicted molar refractivity (Wildman–Crippen MR) is 48.3 cm³/mol. The molecule has 1 heteroatoms. The molecule has 0 aliphatic heterocycles. The van der Waals surface area contributed by atoms with Crippen molar-refractivity contribution in [2.24, 2.45) is 17.8 Å². The second-order valence-corrected chi connectivity index (χ2v) is 4.09. The summed E-state index contributed by atoms with van der Waals surface area (Å²) in [5.41, 5.74) is 0. The van der Waals surface area contributed by atoms with E-state index in [4.69, 9.17) is 5.26 Å². The van der Waals surface area contributed by atoms with E-state index in [1.54, 1.807) is 0 Å². The van der Waals surface area contributed by atoms with Gasteiger partial charge in [0.15, 0.2) is 0 Å². The topological polar surface area (TPSA) is 23.8 Å². The lowest BCUT2D eigenvalue weighted by Gasteiger charge is -2.16. The average molecular weight is 161 g/mol. The van der Waals surface area contributed by atoms with Crippen LogP contribution in [0.25, 0.3) is 0 Å². The van der Waals surface area contributed by atoms with Crippen LogP contribution in [-0.2, 0) is 0 Å². The van der Waals surface area contributed by atoms with Crippen LogP contribution in [-0.4, -0.2) is 0 Å². The van der Waals surface area contributed by atoms with E-state index in [1.165, 1.54) is 19.3 Å². The van der Waals surface area contributed by atoms with Crippen LogP contribution in [0.4, 0.5) is 0 Å². The van der Waals surface area contributed by atoms with Crippen LogP contribution in [0.1, 0.15) is 32.1 Å². The number of fused-ring (bicyclic) bond motifs is 2. The van der Waals surface area contributed by atoms with Gasteiger partial charge in [-0.25, -0.2) is 0 Å². The SMILES string of the molecule is N#CCCCC1CC2C=CC1C2. The molecule has 2 aliphatic rings. The van der Waals surface area contributed by atoms with Gasteiger partial charge in [-0.1, -0.05) is 12.2 Å². The first-order valence-electron chi connectivity index (χ1n) is 4.95. The van der Waals surface area contributed by atoms with Gasteiger partial charge in [-0.3, -0.25) is 0 Å². The second kappa shape index (κ2) is 3.31. The van der Waals surface area contributed by atoms with E-state index in [-0.39, 0.29) is 0 Å². The molecular formula is C11H15N. The number of nitriles is 1. The standard InChI is InChI=1S/C11H15N/c12-6-2-1-3-10-7-9-4-5-11(10)8-9/h4-5,9-11H,1-3,7-8H2. The number of allylic oxidation sites excluding steroid dienone is 2. The summed E-state index contributed by atoms with van der Waals surface area (Å²) in [6.07, 6.45) is 10.7. The smallest absolute Gasteiger partial charge is 0.0621 e. The van der Waals surface area contributed by atoms with Crippen LogP contribution < -0.4 is 0 Å². The number of nitrogens with zero attached hydrogens (tertiary/aromatic N) is 1. The molecule has 12 heavy (non-hydrogen) atoms. The van der Waals surface area contributed by atoms with Crippen LogP contribution in [0.5, 0.6) is 0 Å². The molecule has 0 radical (unpaired) electrons. The van der Waals surface area contributed by atoms with Crippen LogP contribution in [0.2, 0.25) is 0 Å². The molecule has 1 saturated carbocycles. The summed E-state index contributed by atoms with van der Waals surface area (Å²) in [4.78, 5) is 0. The minimum Gasteiger partial charge on any atom is -0.198 e. The Morgan fingerprint density at radius 2 is 2.25 bits per heavy atom. The Balaban J connectivity index is 1.77. The van der Waals surface area contributed by atoms with Crippen molar-refractivity contribution < 1.29 is 0 Å². The molecule has 64 valence electrons. The maximum absolute atomic E-state index is 8.41. The van der Waals surface area contributed by atoms with E-state index in [0.29, 0.717) is 0 Å². The van der Waals surface area contributed by atoms with Crippen LogP contribution in [0.3, 0.4) is 0 Å². The lowest BCUT2D eigenvalue weighted by Crippen LogP contribution is -2.06. The van der Waals surface area contributed by atoms with E-state index in [1.807, 2.05) is 0 Å². The summed E-state index contributed by atoms with van der Waals surface area (Å²) in [6, 6.07) is 2.22. The predicted octanol–water partition coefficient (Wildman–Crippen LogP) is 2.89. The van der Waals surface area contributed by atoms with Crippen molar-refractivity contribution in [3.63, 3.8) is 0 Å². The third-order valence-electron chi connectivity index (χ3n) is 3.28. The number of hydrogen-bond acceptors (Lipinski definition) is 1. The molecule has 0 N–H and O–H groups in total. The highest BCUT2D eigenvalue weighted by Gasteiger charge is 2.34. The van der Waals surface area contributed by atoms with Crippen LogP contribution >= 0.6 is 0 Å². The maximum Gasteiger partial charge on any atom is 0.0621 e. The van der Waals surface area contributed by atoms with Crippen LogP contribution in [0.15, 0.2) is 12.2 Å². The fourth-order valence-electron chi connectivity index (χ4n) is 2.67. The molecule has 0 aromatic rings. The molecule has 2 bridgehead atoms. The molecule has 0 spiro atoms. The van der Waals surface area contributed by atoms with Crippen molar-refractivity contribution in [3.8, 4) is 6.07 Å². The normalized spacial score (nSPS) is 37.1. The van der Waals surface area contributed by atoms with Gasteiger partial charge in [-0.05, 0) is 43.4 Å². The highest BCUT2D eigenvalue weighted by molar-refractivity contribution is 5.09. The van der Waals surface area contributed by atoms with Gasteiger partial charge in [0, 0.05) is 6.42 Å². The van der Waals surface area contributed by atoms with Crippen molar-refractivity contribution in [1.82, 2.24) is 0 Å². The molecule has 3 unspecified atom stereocenters. The minimum absolute atomic E-state index is 0.748. The molecule has 0 aromatic carbocycles. The zero-order valence-corrected chi connectivity index (χ0v) is 7.37. The molecule has 2 rings (SSSR count). The van der Waals surface area contributed by atoms with Crippen molar-refractivity contribution in [2.45, 2.75) is 32.1 Å². The van der Waals surface area contributed by atoms with Gasteiger partial charge in [0.05, 0.1) is 6.07 Å². The molecule has 0 aromatic heterocycles.